The van der Waals surface area contributed by atoms with E-state index in [1.807, 2.05) is 0 Å². The molecule has 0 aliphatic heterocycles. The van der Waals surface area contributed by atoms with Crippen LogP contribution < -0.4 is 5.32 Å². The van der Waals surface area contributed by atoms with Crippen LogP contribution in [0.1, 0.15) is 6.92 Å². The lowest BCUT2D eigenvalue weighted by Gasteiger charge is -2.12. The second-order valence-electron chi connectivity index (χ2n) is 3.68. The van der Waals surface area contributed by atoms with Gasteiger partial charge in [0.25, 0.3) is 0 Å². The third-order valence-corrected chi connectivity index (χ3v) is 3.33. The van der Waals surface area contributed by atoms with Crippen LogP contribution in [0.2, 0.25) is 0 Å². The van der Waals surface area contributed by atoms with Crippen LogP contribution in [0.25, 0.3) is 11.2 Å². The van der Waals surface area contributed by atoms with Gasteiger partial charge in [-0.05, 0) is 0 Å². The van der Waals surface area contributed by atoms with Gasteiger partial charge in [0.15, 0.2) is 5.65 Å². The van der Waals surface area contributed by atoms with Crippen molar-refractivity contribution in [1.82, 2.24) is 25.3 Å². The summed E-state index contributed by atoms with van der Waals surface area (Å²) >= 11 is 1.22. The summed E-state index contributed by atoms with van der Waals surface area (Å²) in [6, 6.07) is -0.963. The van der Waals surface area contributed by atoms with Crippen molar-refractivity contribution in [3.63, 3.8) is 0 Å². The van der Waals surface area contributed by atoms with Crippen LogP contribution >= 0.6 is 11.8 Å². The number of carboxylic acids is 1. The lowest BCUT2D eigenvalue weighted by Crippen LogP contribution is -2.41. The van der Waals surface area contributed by atoms with E-state index in [1.165, 1.54) is 31.3 Å². The lowest BCUT2D eigenvalue weighted by atomic mass is 10.3. The minimum absolute atomic E-state index is 0.167. The van der Waals surface area contributed by atoms with Gasteiger partial charge in [0.1, 0.15) is 22.9 Å². The number of carbonyl (C=O) groups is 2. The highest BCUT2D eigenvalue weighted by molar-refractivity contribution is 7.99. The summed E-state index contributed by atoms with van der Waals surface area (Å²) < 4.78 is 0. The average molecular weight is 281 g/mol. The average Bonchev–Trinajstić information content (AvgIpc) is 2.82. The Balaban J connectivity index is 2.10. The molecule has 0 saturated carbocycles. The van der Waals surface area contributed by atoms with Gasteiger partial charge in [-0.25, -0.2) is 19.7 Å². The smallest absolute Gasteiger partial charge is 0.327 e. The number of rotatable bonds is 5. The van der Waals surface area contributed by atoms with Crippen molar-refractivity contribution >= 4 is 34.8 Å². The molecule has 0 spiro atoms. The van der Waals surface area contributed by atoms with Crippen LogP contribution in [0.3, 0.4) is 0 Å². The molecule has 100 valence electrons. The summed E-state index contributed by atoms with van der Waals surface area (Å²) in [5, 5.41) is 12.0. The zero-order valence-electron chi connectivity index (χ0n) is 9.95. The van der Waals surface area contributed by atoms with Crippen molar-refractivity contribution in [2.75, 3.05) is 5.75 Å². The zero-order valence-corrected chi connectivity index (χ0v) is 10.8. The third kappa shape index (κ3) is 3.19. The minimum Gasteiger partial charge on any atom is -0.480 e. The molecule has 2 aromatic heterocycles. The molecule has 3 N–H and O–H groups in total. The number of fused-ring (bicyclic) bond motifs is 1. The van der Waals surface area contributed by atoms with Gasteiger partial charge in [-0.1, -0.05) is 0 Å². The maximum atomic E-state index is 11.0. The molecule has 0 aliphatic carbocycles. The minimum atomic E-state index is -1.09. The fourth-order valence-corrected chi connectivity index (χ4v) is 2.40. The maximum absolute atomic E-state index is 11.0. The fraction of sp³-hybridized carbons (Fsp3) is 0.300. The number of aromatic amines is 1. The summed E-state index contributed by atoms with van der Waals surface area (Å²) in [5.41, 5.74) is 1.17. The van der Waals surface area contributed by atoms with Crippen LogP contribution in [0, 0.1) is 0 Å². The monoisotopic (exact) mass is 281 g/mol. The van der Waals surface area contributed by atoms with Crippen LogP contribution in [0.15, 0.2) is 17.7 Å². The molecule has 8 nitrogen and oxygen atoms in total. The first-order chi connectivity index (χ1) is 9.08. The molecule has 0 saturated heterocycles. The van der Waals surface area contributed by atoms with E-state index in [1.54, 1.807) is 0 Å². The van der Waals surface area contributed by atoms with Crippen molar-refractivity contribution in [1.29, 1.82) is 0 Å². The summed E-state index contributed by atoms with van der Waals surface area (Å²) in [7, 11) is 0. The van der Waals surface area contributed by atoms with Crippen LogP contribution in [0.4, 0.5) is 0 Å². The number of hydrogen-bond donors (Lipinski definition) is 3. The molecule has 0 bridgehead atoms. The van der Waals surface area contributed by atoms with E-state index >= 15 is 0 Å². The molecule has 0 aliphatic rings. The Kier molecular flexibility index (Phi) is 3.95. The highest BCUT2D eigenvalue weighted by Crippen LogP contribution is 2.22. The SMILES string of the molecule is CC(=O)NC(CSc1ncnc2nc[nH]c12)C(=O)O. The zero-order chi connectivity index (χ0) is 13.8. The lowest BCUT2D eigenvalue weighted by molar-refractivity contribution is -0.140. The van der Waals surface area contributed by atoms with Gasteiger partial charge in [0.05, 0.1) is 6.33 Å². The number of amides is 1. The Labute approximate surface area is 112 Å². The van der Waals surface area contributed by atoms with E-state index in [0.717, 1.165) is 0 Å². The summed E-state index contributed by atoms with van der Waals surface area (Å²) in [4.78, 5) is 36.8. The first kappa shape index (κ1) is 13.3. The van der Waals surface area contributed by atoms with E-state index in [4.69, 9.17) is 5.11 Å². The first-order valence-corrected chi connectivity index (χ1v) is 6.33. The van der Waals surface area contributed by atoms with Crippen molar-refractivity contribution in [2.24, 2.45) is 0 Å². The van der Waals surface area contributed by atoms with E-state index in [-0.39, 0.29) is 11.7 Å². The predicted octanol–water partition coefficient (Wildman–Crippen LogP) is 0.0343. The number of carboxylic acid groups (broad SMARTS) is 1. The Hall–Kier alpha value is -2.16. The summed E-state index contributed by atoms with van der Waals surface area (Å²) in [6.45, 7) is 1.28. The number of hydrogen-bond acceptors (Lipinski definition) is 6. The van der Waals surface area contributed by atoms with Crippen molar-refractivity contribution in [2.45, 2.75) is 18.0 Å². The predicted molar refractivity (Wildman–Crippen MR) is 67.6 cm³/mol. The van der Waals surface area contributed by atoms with E-state index in [9.17, 15) is 9.59 Å². The number of imidazole rings is 1. The van der Waals surface area contributed by atoms with Crippen molar-refractivity contribution in [3.05, 3.63) is 12.7 Å². The Morgan fingerprint density at radius 1 is 1.47 bits per heavy atom. The van der Waals surface area contributed by atoms with Gasteiger partial charge in [0, 0.05) is 12.7 Å². The number of nitrogens with zero attached hydrogens (tertiary/aromatic N) is 3. The van der Waals surface area contributed by atoms with E-state index < -0.39 is 12.0 Å². The molecule has 2 heterocycles. The van der Waals surface area contributed by atoms with Gasteiger partial charge in [-0.3, -0.25) is 4.79 Å². The summed E-state index contributed by atoms with van der Waals surface area (Å²) in [5.74, 6) is -1.31. The first-order valence-electron chi connectivity index (χ1n) is 5.34. The van der Waals surface area contributed by atoms with Gasteiger partial charge in [0.2, 0.25) is 5.91 Å². The number of nitrogens with one attached hydrogen (secondary N) is 2. The molecule has 1 unspecified atom stereocenters. The molecule has 2 rings (SSSR count). The molecule has 9 heteroatoms. The second-order valence-corrected chi connectivity index (χ2v) is 4.69. The van der Waals surface area contributed by atoms with Gasteiger partial charge >= 0.3 is 5.97 Å². The standard InChI is InChI=1S/C10H11N5O3S/c1-5(16)15-6(10(17)18)2-19-9-7-8(12-3-11-7)13-4-14-9/h3-4,6H,2H2,1H3,(H,15,16)(H,17,18)(H,11,12,13,14). The molecule has 0 radical (unpaired) electrons. The molecule has 0 aromatic carbocycles. The molecular formula is C10H11N5O3S. The second kappa shape index (κ2) is 5.65. The summed E-state index contributed by atoms with van der Waals surface area (Å²) in [6.07, 6.45) is 2.85. The van der Waals surface area contributed by atoms with Gasteiger partial charge in [-0.2, -0.15) is 0 Å². The van der Waals surface area contributed by atoms with E-state index in [2.05, 4.69) is 25.3 Å². The fourth-order valence-electron chi connectivity index (χ4n) is 1.43. The van der Waals surface area contributed by atoms with E-state index in [0.29, 0.717) is 16.2 Å². The number of H-pyrrole nitrogens is 1. The number of aromatic nitrogens is 4. The molecule has 1 amide bonds. The molecule has 19 heavy (non-hydrogen) atoms. The quantitative estimate of drug-likeness (QED) is 0.522. The van der Waals surface area contributed by atoms with Crippen molar-refractivity contribution in [3.8, 4) is 0 Å². The maximum Gasteiger partial charge on any atom is 0.327 e. The van der Waals surface area contributed by atoms with Gasteiger partial charge in [-0.15, -0.1) is 11.8 Å². The normalized spacial score (nSPS) is 12.3. The molecule has 1 atom stereocenters. The Bertz CT molecular complexity index is 614. The number of aliphatic carboxylic acids is 1. The highest BCUT2D eigenvalue weighted by Gasteiger charge is 2.19. The topological polar surface area (TPSA) is 121 Å². The highest BCUT2D eigenvalue weighted by atomic mass is 32.2. The Morgan fingerprint density at radius 2 is 2.26 bits per heavy atom. The molecule has 0 fully saturated rings. The largest absolute Gasteiger partial charge is 0.480 e. The van der Waals surface area contributed by atoms with Gasteiger partial charge < -0.3 is 15.4 Å². The molecule has 2 aromatic rings. The van der Waals surface area contributed by atoms with Crippen LogP contribution in [-0.2, 0) is 9.59 Å². The Morgan fingerprint density at radius 3 is 2.95 bits per heavy atom. The third-order valence-electron chi connectivity index (χ3n) is 2.25. The molecular weight excluding hydrogens is 270 g/mol. The van der Waals surface area contributed by atoms with Crippen LogP contribution in [-0.4, -0.2) is 48.7 Å². The van der Waals surface area contributed by atoms with Crippen LogP contribution in [0.5, 0.6) is 0 Å². The number of thioether (sulfide) groups is 1. The van der Waals surface area contributed by atoms with Crippen molar-refractivity contribution < 1.29 is 14.7 Å². The number of carbonyl (C=O) groups excluding carboxylic acids is 1.